The maximum Gasteiger partial charge on any atom is 0.149 e. The van der Waals surface area contributed by atoms with Crippen LogP contribution in [0.5, 0.6) is 0 Å². The van der Waals surface area contributed by atoms with Crippen LogP contribution in [0, 0.1) is 0 Å². The highest BCUT2D eigenvalue weighted by molar-refractivity contribution is 8.00. The van der Waals surface area contributed by atoms with E-state index >= 15 is 0 Å². The fourth-order valence-electron chi connectivity index (χ4n) is 1.46. The first-order chi connectivity index (χ1) is 7.66. The minimum absolute atomic E-state index is 0.306. The van der Waals surface area contributed by atoms with Gasteiger partial charge in [0.25, 0.3) is 0 Å². The summed E-state index contributed by atoms with van der Waals surface area (Å²) in [4.78, 5) is 4.19. The van der Waals surface area contributed by atoms with E-state index in [2.05, 4.69) is 4.98 Å². The number of pyridine rings is 1. The number of aromatic nitrogens is 1. The largest absolute Gasteiger partial charge is 0.381 e. The Kier molecular flexibility index (Phi) is 4.62. The van der Waals surface area contributed by atoms with E-state index in [9.17, 15) is 0 Å². The van der Waals surface area contributed by atoms with Crippen LogP contribution in [-0.4, -0.2) is 23.4 Å². The summed E-state index contributed by atoms with van der Waals surface area (Å²) in [7, 11) is 0. The highest BCUT2D eigenvalue weighted by atomic mass is 35.5. The van der Waals surface area contributed by atoms with Gasteiger partial charge in [0, 0.05) is 18.5 Å². The van der Waals surface area contributed by atoms with Gasteiger partial charge in [0.1, 0.15) is 10.2 Å². The molecule has 2 heterocycles. The minimum atomic E-state index is 0.306. The van der Waals surface area contributed by atoms with Gasteiger partial charge in [-0.05, 0) is 18.9 Å². The zero-order valence-corrected chi connectivity index (χ0v) is 11.5. The van der Waals surface area contributed by atoms with Crippen LogP contribution in [0.15, 0.2) is 11.1 Å². The molecule has 1 fully saturated rings. The monoisotopic (exact) mass is 297 g/mol. The molecule has 1 aromatic heterocycles. The summed E-state index contributed by atoms with van der Waals surface area (Å²) in [5, 5.41) is 2.51. The molecule has 0 aliphatic carbocycles. The molecule has 0 amide bonds. The third kappa shape index (κ3) is 3.17. The molecule has 0 unspecified atom stereocenters. The molecule has 1 aromatic rings. The summed E-state index contributed by atoms with van der Waals surface area (Å²) in [6.07, 6.45) is 2.03. The molecule has 0 N–H and O–H groups in total. The predicted molar refractivity (Wildman–Crippen MR) is 69.0 cm³/mol. The molecule has 1 aliphatic heterocycles. The van der Waals surface area contributed by atoms with Crippen molar-refractivity contribution in [2.45, 2.75) is 23.1 Å². The van der Waals surface area contributed by atoms with Crippen LogP contribution in [0.1, 0.15) is 12.8 Å². The van der Waals surface area contributed by atoms with Gasteiger partial charge < -0.3 is 4.74 Å². The lowest BCUT2D eigenvalue weighted by atomic mass is 10.2. The SMILES string of the molecule is Clc1cc(Cl)c(SC2CCOCC2)nc1Cl. The third-order valence-electron chi connectivity index (χ3n) is 2.30. The first-order valence-electron chi connectivity index (χ1n) is 4.93. The first-order valence-corrected chi connectivity index (χ1v) is 6.94. The molecule has 2 rings (SSSR count). The average Bonchev–Trinajstić information content (AvgIpc) is 2.27. The number of nitrogens with zero attached hydrogens (tertiary/aromatic N) is 1. The van der Waals surface area contributed by atoms with Gasteiger partial charge in [-0.1, -0.05) is 34.8 Å². The second-order valence-electron chi connectivity index (χ2n) is 3.48. The van der Waals surface area contributed by atoms with Crippen molar-refractivity contribution in [2.24, 2.45) is 0 Å². The molecule has 16 heavy (non-hydrogen) atoms. The molecule has 0 saturated carbocycles. The first kappa shape index (κ1) is 12.8. The van der Waals surface area contributed by atoms with Crippen LogP contribution >= 0.6 is 46.6 Å². The van der Waals surface area contributed by atoms with E-state index in [1.165, 1.54) is 0 Å². The van der Waals surface area contributed by atoms with Crippen molar-refractivity contribution >= 4 is 46.6 Å². The Balaban J connectivity index is 2.11. The molecule has 6 heteroatoms. The Labute approximate surface area is 114 Å². The van der Waals surface area contributed by atoms with E-state index in [0.717, 1.165) is 31.1 Å². The lowest BCUT2D eigenvalue weighted by Gasteiger charge is -2.21. The van der Waals surface area contributed by atoms with Gasteiger partial charge in [0.15, 0.2) is 0 Å². The fourth-order valence-corrected chi connectivity index (χ4v) is 3.20. The van der Waals surface area contributed by atoms with Crippen molar-refractivity contribution in [3.63, 3.8) is 0 Å². The fraction of sp³-hybridized carbons (Fsp3) is 0.500. The van der Waals surface area contributed by atoms with Gasteiger partial charge in [-0.25, -0.2) is 4.98 Å². The van der Waals surface area contributed by atoms with Gasteiger partial charge >= 0.3 is 0 Å². The van der Waals surface area contributed by atoms with E-state index in [4.69, 9.17) is 39.5 Å². The van der Waals surface area contributed by atoms with Crippen molar-refractivity contribution in [1.29, 1.82) is 0 Å². The maximum absolute atomic E-state index is 6.06. The van der Waals surface area contributed by atoms with Crippen molar-refractivity contribution in [3.05, 3.63) is 21.3 Å². The van der Waals surface area contributed by atoms with Crippen LogP contribution in [0.2, 0.25) is 15.2 Å². The quantitative estimate of drug-likeness (QED) is 0.759. The van der Waals surface area contributed by atoms with Gasteiger partial charge in [-0.2, -0.15) is 0 Å². The summed E-state index contributed by atoms with van der Waals surface area (Å²) < 4.78 is 5.30. The van der Waals surface area contributed by atoms with E-state index in [1.807, 2.05) is 0 Å². The van der Waals surface area contributed by atoms with Gasteiger partial charge in [-0.3, -0.25) is 0 Å². The van der Waals surface area contributed by atoms with E-state index in [0.29, 0.717) is 20.4 Å². The van der Waals surface area contributed by atoms with Gasteiger partial charge in [-0.15, -0.1) is 11.8 Å². The summed E-state index contributed by atoms with van der Waals surface area (Å²) in [6.45, 7) is 1.60. The third-order valence-corrected chi connectivity index (χ3v) is 4.71. The normalized spacial score (nSPS) is 17.7. The van der Waals surface area contributed by atoms with Crippen molar-refractivity contribution in [2.75, 3.05) is 13.2 Å². The van der Waals surface area contributed by atoms with Crippen molar-refractivity contribution in [3.8, 4) is 0 Å². The van der Waals surface area contributed by atoms with Gasteiger partial charge in [0.2, 0.25) is 0 Å². The Morgan fingerprint density at radius 2 is 1.88 bits per heavy atom. The summed E-state index contributed by atoms with van der Waals surface area (Å²) in [5.41, 5.74) is 0. The van der Waals surface area contributed by atoms with Crippen LogP contribution in [0.4, 0.5) is 0 Å². The Morgan fingerprint density at radius 3 is 2.56 bits per heavy atom. The second kappa shape index (κ2) is 5.78. The molecule has 2 nitrogen and oxygen atoms in total. The summed E-state index contributed by atoms with van der Waals surface area (Å²) in [5.74, 6) is 0. The molecular weight excluding hydrogens is 289 g/mol. The summed E-state index contributed by atoms with van der Waals surface area (Å²) in [6, 6.07) is 1.64. The number of rotatable bonds is 2. The maximum atomic E-state index is 6.06. The lowest BCUT2D eigenvalue weighted by Crippen LogP contribution is -2.17. The van der Waals surface area contributed by atoms with Crippen LogP contribution in [0.3, 0.4) is 0 Å². The Morgan fingerprint density at radius 1 is 1.19 bits per heavy atom. The highest BCUT2D eigenvalue weighted by Gasteiger charge is 2.18. The number of hydrogen-bond donors (Lipinski definition) is 0. The van der Waals surface area contributed by atoms with Crippen molar-refractivity contribution < 1.29 is 4.74 Å². The molecule has 0 atom stereocenters. The topological polar surface area (TPSA) is 22.1 Å². The van der Waals surface area contributed by atoms with Crippen molar-refractivity contribution in [1.82, 2.24) is 4.98 Å². The van der Waals surface area contributed by atoms with E-state index < -0.39 is 0 Å². The zero-order chi connectivity index (χ0) is 11.5. The smallest absolute Gasteiger partial charge is 0.149 e. The number of ether oxygens (including phenoxy) is 1. The molecule has 0 radical (unpaired) electrons. The standard InChI is InChI=1S/C10H10Cl3NOS/c11-7-5-8(12)10(14-9(7)13)16-6-1-3-15-4-2-6/h5-6H,1-4H2. The van der Waals surface area contributed by atoms with Crippen LogP contribution in [-0.2, 0) is 4.74 Å². The van der Waals surface area contributed by atoms with Crippen LogP contribution in [0.25, 0.3) is 0 Å². The molecular formula is C10H10Cl3NOS. The second-order valence-corrected chi connectivity index (χ2v) is 5.94. The van der Waals surface area contributed by atoms with E-state index in [-0.39, 0.29) is 0 Å². The predicted octanol–water partition coefficient (Wildman–Crippen LogP) is 4.31. The molecule has 88 valence electrons. The summed E-state index contributed by atoms with van der Waals surface area (Å²) >= 11 is 19.4. The lowest BCUT2D eigenvalue weighted by molar-refractivity contribution is 0.1000. The molecule has 1 saturated heterocycles. The van der Waals surface area contributed by atoms with Gasteiger partial charge in [0.05, 0.1) is 10.0 Å². The Hall–Kier alpha value is 0.330. The highest BCUT2D eigenvalue weighted by Crippen LogP contribution is 2.36. The molecule has 0 spiro atoms. The Bertz CT molecular complexity index is 383. The van der Waals surface area contributed by atoms with Crippen LogP contribution < -0.4 is 0 Å². The molecule has 1 aliphatic rings. The number of hydrogen-bond acceptors (Lipinski definition) is 3. The zero-order valence-electron chi connectivity index (χ0n) is 8.38. The average molecular weight is 299 g/mol. The minimum Gasteiger partial charge on any atom is -0.381 e. The van der Waals surface area contributed by atoms with E-state index in [1.54, 1.807) is 17.8 Å². The molecule has 0 bridgehead atoms. The number of halogens is 3. The molecule has 0 aromatic carbocycles. The number of thioether (sulfide) groups is 1.